The third-order valence-electron chi connectivity index (χ3n) is 6.70. The van der Waals surface area contributed by atoms with Crippen molar-refractivity contribution < 1.29 is 18.0 Å². The van der Waals surface area contributed by atoms with Gasteiger partial charge in [-0.25, -0.2) is 8.42 Å². The van der Waals surface area contributed by atoms with E-state index in [0.717, 1.165) is 26.6 Å². The number of nitrogens with zero attached hydrogens (tertiary/aromatic N) is 2. The highest BCUT2D eigenvalue weighted by molar-refractivity contribution is 7.92. The summed E-state index contributed by atoms with van der Waals surface area (Å²) in [5.41, 5.74) is 3.89. The van der Waals surface area contributed by atoms with Crippen molar-refractivity contribution in [1.82, 2.24) is 10.2 Å². The molecular weight excluding hydrogens is 510 g/mol. The lowest BCUT2D eigenvalue weighted by atomic mass is 10.1. The van der Waals surface area contributed by atoms with Gasteiger partial charge in [0, 0.05) is 13.1 Å². The average molecular weight is 550 g/mol. The lowest BCUT2D eigenvalue weighted by Gasteiger charge is -2.33. The number of carbonyl (C=O) groups is 2. The van der Waals surface area contributed by atoms with Gasteiger partial charge in [0.05, 0.1) is 10.6 Å². The van der Waals surface area contributed by atoms with Crippen LogP contribution in [0.2, 0.25) is 0 Å². The number of rotatable bonds is 11. The van der Waals surface area contributed by atoms with Crippen LogP contribution < -0.4 is 9.62 Å². The van der Waals surface area contributed by atoms with Crippen LogP contribution in [0.1, 0.15) is 43.0 Å². The van der Waals surface area contributed by atoms with E-state index in [1.807, 2.05) is 71.0 Å². The van der Waals surface area contributed by atoms with E-state index in [1.165, 1.54) is 17.0 Å². The second-order valence-corrected chi connectivity index (χ2v) is 12.2. The smallest absolute Gasteiger partial charge is 0.264 e. The van der Waals surface area contributed by atoms with Crippen molar-refractivity contribution in [2.45, 2.75) is 59.0 Å². The van der Waals surface area contributed by atoms with Crippen LogP contribution in [0.3, 0.4) is 0 Å². The lowest BCUT2D eigenvalue weighted by Crippen LogP contribution is -2.51. The number of amides is 2. The summed E-state index contributed by atoms with van der Waals surface area (Å²) in [5.74, 6) is -0.502. The molecular formula is C31H39N3O4S. The van der Waals surface area contributed by atoms with Crippen LogP contribution in [0, 0.1) is 26.7 Å². The minimum Gasteiger partial charge on any atom is -0.354 e. The number of benzene rings is 3. The van der Waals surface area contributed by atoms with Crippen molar-refractivity contribution in [2.24, 2.45) is 5.92 Å². The third-order valence-corrected chi connectivity index (χ3v) is 8.47. The summed E-state index contributed by atoms with van der Waals surface area (Å²) in [5, 5.41) is 2.91. The molecule has 1 unspecified atom stereocenters. The fraction of sp³-hybridized carbons (Fsp3) is 0.355. The molecule has 3 aromatic rings. The number of hydrogen-bond acceptors (Lipinski definition) is 4. The molecule has 3 rings (SSSR count). The maximum Gasteiger partial charge on any atom is 0.264 e. The van der Waals surface area contributed by atoms with Gasteiger partial charge >= 0.3 is 0 Å². The van der Waals surface area contributed by atoms with Gasteiger partial charge < -0.3 is 10.2 Å². The Kier molecular flexibility index (Phi) is 9.92. The summed E-state index contributed by atoms with van der Waals surface area (Å²) >= 11 is 0. The highest BCUT2D eigenvalue weighted by Gasteiger charge is 2.33. The molecule has 0 fully saturated rings. The van der Waals surface area contributed by atoms with E-state index in [0.29, 0.717) is 12.2 Å². The summed E-state index contributed by atoms with van der Waals surface area (Å²) in [6.07, 6.45) is 0. The van der Waals surface area contributed by atoms with Crippen LogP contribution in [0.25, 0.3) is 0 Å². The summed E-state index contributed by atoms with van der Waals surface area (Å²) in [6.45, 7) is 11.5. The molecule has 0 saturated heterocycles. The molecule has 0 saturated carbocycles. The van der Waals surface area contributed by atoms with Gasteiger partial charge in [-0.2, -0.15) is 0 Å². The summed E-state index contributed by atoms with van der Waals surface area (Å²) in [7, 11) is -4.09. The van der Waals surface area contributed by atoms with Gasteiger partial charge in [-0.3, -0.25) is 13.9 Å². The molecule has 0 aliphatic heterocycles. The normalized spacial score (nSPS) is 12.2. The Morgan fingerprint density at radius 2 is 1.49 bits per heavy atom. The van der Waals surface area contributed by atoms with E-state index < -0.39 is 28.5 Å². The van der Waals surface area contributed by atoms with Crippen LogP contribution in [0.5, 0.6) is 0 Å². The Labute approximate surface area is 232 Å². The Hall–Kier alpha value is -3.65. The molecule has 0 radical (unpaired) electrons. The largest absolute Gasteiger partial charge is 0.354 e. The zero-order chi connectivity index (χ0) is 28.7. The Morgan fingerprint density at radius 3 is 2.13 bits per heavy atom. The second-order valence-electron chi connectivity index (χ2n) is 10.4. The van der Waals surface area contributed by atoms with Crippen molar-refractivity contribution in [3.8, 4) is 0 Å². The predicted molar refractivity (Wildman–Crippen MR) is 156 cm³/mol. The molecule has 0 aliphatic rings. The molecule has 0 aromatic heterocycles. The number of sulfonamides is 1. The SMILES string of the molecule is Cc1ccc(C)c(N(CC(=O)N(Cc2ccccc2C)C(C)C(=O)NCC(C)C)S(=O)(=O)c2ccccc2)c1. The summed E-state index contributed by atoms with van der Waals surface area (Å²) in [6, 6.07) is 20.5. The average Bonchev–Trinajstić information content (AvgIpc) is 2.91. The second kappa shape index (κ2) is 12.9. The van der Waals surface area contributed by atoms with Crippen LogP contribution in [0.15, 0.2) is 77.7 Å². The Bertz CT molecular complexity index is 1400. The number of carbonyl (C=O) groups excluding carboxylic acids is 2. The fourth-order valence-corrected chi connectivity index (χ4v) is 5.72. The first kappa shape index (κ1) is 29.9. The number of hydrogen-bond donors (Lipinski definition) is 1. The zero-order valence-corrected chi connectivity index (χ0v) is 24.5. The van der Waals surface area contributed by atoms with Gasteiger partial charge in [0.2, 0.25) is 11.8 Å². The molecule has 39 heavy (non-hydrogen) atoms. The molecule has 8 heteroatoms. The molecule has 208 valence electrons. The minimum atomic E-state index is -4.09. The van der Waals surface area contributed by atoms with Crippen molar-refractivity contribution in [1.29, 1.82) is 0 Å². The Morgan fingerprint density at radius 1 is 0.846 bits per heavy atom. The van der Waals surface area contributed by atoms with E-state index in [4.69, 9.17) is 0 Å². The standard InChI is InChI=1S/C31H39N3O4S/c1-22(2)19-32-31(36)26(6)33(20-27-13-11-10-12-24(27)4)30(35)21-34(29-18-23(3)16-17-25(29)5)39(37,38)28-14-8-7-9-15-28/h7-18,22,26H,19-21H2,1-6H3,(H,32,36). The van der Waals surface area contributed by atoms with E-state index in [9.17, 15) is 18.0 Å². The summed E-state index contributed by atoms with van der Waals surface area (Å²) in [4.78, 5) is 28.7. The van der Waals surface area contributed by atoms with E-state index in [-0.39, 0.29) is 23.3 Å². The van der Waals surface area contributed by atoms with Gasteiger partial charge in [-0.05, 0) is 74.1 Å². The van der Waals surface area contributed by atoms with Gasteiger partial charge in [0.1, 0.15) is 12.6 Å². The molecule has 1 atom stereocenters. The van der Waals surface area contributed by atoms with E-state index in [1.54, 1.807) is 31.2 Å². The van der Waals surface area contributed by atoms with Crippen molar-refractivity contribution >= 4 is 27.5 Å². The fourth-order valence-electron chi connectivity index (χ4n) is 4.23. The van der Waals surface area contributed by atoms with Crippen LogP contribution in [-0.2, 0) is 26.2 Å². The highest BCUT2D eigenvalue weighted by atomic mass is 32.2. The molecule has 0 spiro atoms. The molecule has 7 nitrogen and oxygen atoms in total. The zero-order valence-electron chi connectivity index (χ0n) is 23.6. The van der Waals surface area contributed by atoms with Gasteiger partial charge in [0.15, 0.2) is 0 Å². The van der Waals surface area contributed by atoms with E-state index in [2.05, 4.69) is 5.32 Å². The molecule has 0 bridgehead atoms. The highest BCUT2D eigenvalue weighted by Crippen LogP contribution is 2.28. The lowest BCUT2D eigenvalue weighted by molar-refractivity contribution is -0.139. The first-order valence-electron chi connectivity index (χ1n) is 13.2. The minimum absolute atomic E-state index is 0.0897. The number of anilines is 1. The van der Waals surface area contributed by atoms with Crippen LogP contribution in [-0.4, -0.2) is 44.3 Å². The molecule has 0 aliphatic carbocycles. The Balaban J connectivity index is 2.05. The topological polar surface area (TPSA) is 86.8 Å². The predicted octanol–water partition coefficient (Wildman–Crippen LogP) is 5.00. The first-order chi connectivity index (χ1) is 18.4. The third kappa shape index (κ3) is 7.47. The van der Waals surface area contributed by atoms with E-state index >= 15 is 0 Å². The first-order valence-corrected chi connectivity index (χ1v) is 14.6. The quantitative estimate of drug-likeness (QED) is 0.365. The number of nitrogens with one attached hydrogen (secondary N) is 1. The maximum atomic E-state index is 14.0. The monoisotopic (exact) mass is 549 g/mol. The van der Waals surface area contributed by atoms with Crippen LogP contribution in [0.4, 0.5) is 5.69 Å². The molecule has 3 aromatic carbocycles. The van der Waals surface area contributed by atoms with Crippen molar-refractivity contribution in [2.75, 3.05) is 17.4 Å². The summed E-state index contributed by atoms with van der Waals surface area (Å²) < 4.78 is 29.0. The van der Waals surface area contributed by atoms with Gasteiger partial charge in [0.25, 0.3) is 10.0 Å². The van der Waals surface area contributed by atoms with Gasteiger partial charge in [-0.15, -0.1) is 0 Å². The van der Waals surface area contributed by atoms with Crippen molar-refractivity contribution in [3.05, 3.63) is 95.1 Å². The molecule has 2 amide bonds. The maximum absolute atomic E-state index is 14.0. The van der Waals surface area contributed by atoms with Gasteiger partial charge in [-0.1, -0.05) is 68.4 Å². The molecule has 1 N–H and O–H groups in total. The number of aryl methyl sites for hydroxylation is 3. The van der Waals surface area contributed by atoms with Crippen LogP contribution >= 0.6 is 0 Å². The van der Waals surface area contributed by atoms with Crippen molar-refractivity contribution in [3.63, 3.8) is 0 Å². The molecule has 0 heterocycles.